The molecule has 23 heavy (non-hydrogen) atoms. The van der Waals surface area contributed by atoms with Crippen LogP contribution in [-0.4, -0.2) is 34.3 Å². The van der Waals surface area contributed by atoms with Gasteiger partial charge in [0.05, 0.1) is 25.3 Å². The maximum atomic E-state index is 13.4. The van der Waals surface area contributed by atoms with Crippen LogP contribution in [-0.2, 0) is 11.3 Å². The zero-order chi connectivity index (χ0) is 16.2. The number of carbonyl (C=O) groups is 1. The van der Waals surface area contributed by atoms with E-state index in [1.165, 1.54) is 0 Å². The van der Waals surface area contributed by atoms with Crippen molar-refractivity contribution in [1.29, 1.82) is 0 Å². The number of amides is 1. The summed E-state index contributed by atoms with van der Waals surface area (Å²) in [6, 6.07) is 0.593. The molecule has 0 spiro atoms. The third-order valence-corrected chi connectivity index (χ3v) is 3.42. The first-order chi connectivity index (χ1) is 11.1. The van der Waals surface area contributed by atoms with Crippen molar-refractivity contribution < 1.29 is 22.7 Å². The fraction of sp³-hybridized carbons (Fsp3) is 0.429. The van der Waals surface area contributed by atoms with Gasteiger partial charge in [-0.05, 0) is 12.8 Å². The van der Waals surface area contributed by atoms with Gasteiger partial charge in [0.15, 0.2) is 11.5 Å². The van der Waals surface area contributed by atoms with Crippen LogP contribution in [0.4, 0.5) is 8.78 Å². The third kappa shape index (κ3) is 3.67. The Morgan fingerprint density at radius 2 is 2.26 bits per heavy atom. The van der Waals surface area contributed by atoms with E-state index < -0.39 is 23.2 Å². The minimum absolute atomic E-state index is 0.0527. The van der Waals surface area contributed by atoms with E-state index in [0.29, 0.717) is 18.6 Å². The molecule has 0 bridgehead atoms. The molecule has 1 amide bonds. The summed E-state index contributed by atoms with van der Waals surface area (Å²) in [6.07, 6.45) is 2.60. The summed E-state index contributed by atoms with van der Waals surface area (Å²) in [5.74, 6) is -1.97. The van der Waals surface area contributed by atoms with Crippen molar-refractivity contribution in [1.82, 2.24) is 20.5 Å². The first-order valence-corrected chi connectivity index (χ1v) is 7.13. The third-order valence-electron chi connectivity index (χ3n) is 3.42. The zero-order valence-corrected chi connectivity index (χ0v) is 12.1. The minimum atomic E-state index is -1.03. The molecule has 1 atom stereocenters. The van der Waals surface area contributed by atoms with Crippen LogP contribution >= 0.6 is 0 Å². The van der Waals surface area contributed by atoms with Crippen molar-refractivity contribution in [2.75, 3.05) is 13.2 Å². The molecule has 9 heteroatoms. The number of rotatable bonds is 4. The van der Waals surface area contributed by atoms with Crippen molar-refractivity contribution in [2.45, 2.75) is 25.3 Å². The van der Waals surface area contributed by atoms with E-state index in [9.17, 15) is 13.6 Å². The molecular formula is C14H14F2N4O3. The van der Waals surface area contributed by atoms with Gasteiger partial charge in [-0.1, -0.05) is 0 Å². The van der Waals surface area contributed by atoms with E-state index in [1.54, 1.807) is 0 Å². The highest BCUT2D eigenvalue weighted by molar-refractivity contribution is 5.92. The highest BCUT2D eigenvalue weighted by Gasteiger charge is 2.22. The molecule has 7 nitrogen and oxygen atoms in total. The second kappa shape index (κ2) is 6.78. The molecule has 1 aliphatic rings. The summed E-state index contributed by atoms with van der Waals surface area (Å²) >= 11 is 0. The molecule has 122 valence electrons. The highest BCUT2D eigenvalue weighted by Crippen LogP contribution is 2.24. The molecule has 0 radical (unpaired) electrons. The lowest BCUT2D eigenvalue weighted by Gasteiger charge is -2.18. The molecule has 1 N–H and O–H groups in total. The second-order valence-electron chi connectivity index (χ2n) is 5.11. The topological polar surface area (TPSA) is 90.1 Å². The Bertz CT molecular complexity index is 701. The van der Waals surface area contributed by atoms with Gasteiger partial charge in [0.2, 0.25) is 11.8 Å². The maximum Gasteiger partial charge on any atom is 0.273 e. The van der Waals surface area contributed by atoms with Crippen molar-refractivity contribution in [3.8, 4) is 0 Å². The lowest BCUT2D eigenvalue weighted by molar-refractivity contribution is 0.0720. The molecule has 0 aromatic carbocycles. The number of aromatic nitrogens is 3. The molecule has 1 fully saturated rings. The summed E-state index contributed by atoms with van der Waals surface area (Å²) in [6.45, 7) is 1.18. The Balaban J connectivity index is 1.59. The molecule has 0 saturated carbocycles. The molecule has 2 aromatic rings. The summed E-state index contributed by atoms with van der Waals surface area (Å²) in [4.78, 5) is 15.2. The Morgan fingerprint density at radius 1 is 1.39 bits per heavy atom. The zero-order valence-electron chi connectivity index (χ0n) is 12.1. The van der Waals surface area contributed by atoms with Crippen LogP contribution in [0.1, 0.15) is 41.0 Å². The van der Waals surface area contributed by atoms with Gasteiger partial charge in [0, 0.05) is 12.7 Å². The van der Waals surface area contributed by atoms with Gasteiger partial charge in [-0.15, -0.1) is 10.2 Å². The van der Waals surface area contributed by atoms with E-state index in [4.69, 9.17) is 9.15 Å². The normalized spacial score (nSPS) is 17.9. The van der Waals surface area contributed by atoms with Crippen LogP contribution in [0.3, 0.4) is 0 Å². The maximum absolute atomic E-state index is 13.4. The van der Waals surface area contributed by atoms with Crippen LogP contribution in [0.15, 0.2) is 16.7 Å². The Labute approximate surface area is 130 Å². The lowest BCUT2D eigenvalue weighted by Crippen LogP contribution is -2.25. The number of ether oxygens (including phenoxy) is 1. The quantitative estimate of drug-likeness (QED) is 0.918. The van der Waals surface area contributed by atoms with Crippen LogP contribution in [0.5, 0.6) is 0 Å². The highest BCUT2D eigenvalue weighted by atomic mass is 19.1. The van der Waals surface area contributed by atoms with Crippen molar-refractivity contribution in [2.24, 2.45) is 0 Å². The number of hydrogen-bond acceptors (Lipinski definition) is 6. The van der Waals surface area contributed by atoms with Crippen molar-refractivity contribution in [3.63, 3.8) is 0 Å². The Hall–Kier alpha value is -2.42. The van der Waals surface area contributed by atoms with Gasteiger partial charge in [-0.3, -0.25) is 4.79 Å². The van der Waals surface area contributed by atoms with Gasteiger partial charge < -0.3 is 14.5 Å². The molecule has 1 aliphatic heterocycles. The first-order valence-electron chi connectivity index (χ1n) is 7.13. The molecule has 1 unspecified atom stereocenters. The Morgan fingerprint density at radius 3 is 3.00 bits per heavy atom. The van der Waals surface area contributed by atoms with Crippen LogP contribution < -0.4 is 5.32 Å². The number of halogens is 2. The fourth-order valence-electron chi connectivity index (χ4n) is 2.26. The van der Waals surface area contributed by atoms with Gasteiger partial charge >= 0.3 is 0 Å². The largest absolute Gasteiger partial charge is 0.423 e. The monoisotopic (exact) mass is 324 g/mol. The van der Waals surface area contributed by atoms with Crippen LogP contribution in [0.25, 0.3) is 0 Å². The minimum Gasteiger partial charge on any atom is -0.423 e. The number of nitrogens with one attached hydrogen (secondary N) is 1. The molecule has 2 aromatic heterocycles. The predicted molar refractivity (Wildman–Crippen MR) is 72.4 cm³/mol. The number of pyridine rings is 1. The SMILES string of the molecule is O=C(NCc1nnc(C2CCCOC2)o1)c1ncc(F)cc1F. The van der Waals surface area contributed by atoms with Gasteiger partial charge in [-0.2, -0.15) is 0 Å². The van der Waals surface area contributed by atoms with Crippen LogP contribution in [0, 0.1) is 11.6 Å². The predicted octanol–water partition coefficient (Wildman–Crippen LogP) is 1.57. The summed E-state index contributed by atoms with van der Waals surface area (Å²) in [5.41, 5.74) is -0.494. The average molecular weight is 324 g/mol. The van der Waals surface area contributed by atoms with E-state index in [2.05, 4.69) is 20.5 Å². The average Bonchev–Trinajstić information content (AvgIpc) is 3.02. The molecule has 3 heterocycles. The number of hydrogen-bond donors (Lipinski definition) is 1. The molecular weight excluding hydrogens is 310 g/mol. The Kier molecular flexibility index (Phi) is 4.56. The second-order valence-corrected chi connectivity index (χ2v) is 5.11. The van der Waals surface area contributed by atoms with E-state index in [0.717, 1.165) is 25.6 Å². The van der Waals surface area contributed by atoms with Crippen molar-refractivity contribution in [3.05, 3.63) is 41.4 Å². The summed E-state index contributed by atoms with van der Waals surface area (Å²) < 4.78 is 37.0. The van der Waals surface area contributed by atoms with Crippen molar-refractivity contribution >= 4 is 5.91 Å². The van der Waals surface area contributed by atoms with E-state index >= 15 is 0 Å². The number of carbonyl (C=O) groups excluding carboxylic acids is 1. The fourth-order valence-corrected chi connectivity index (χ4v) is 2.26. The van der Waals surface area contributed by atoms with E-state index in [-0.39, 0.29) is 18.4 Å². The van der Waals surface area contributed by atoms with Gasteiger partial charge in [0.1, 0.15) is 5.82 Å². The van der Waals surface area contributed by atoms with Gasteiger partial charge in [0.25, 0.3) is 5.91 Å². The molecule has 0 aliphatic carbocycles. The lowest BCUT2D eigenvalue weighted by atomic mass is 10.0. The molecule has 1 saturated heterocycles. The van der Waals surface area contributed by atoms with Gasteiger partial charge in [-0.25, -0.2) is 13.8 Å². The summed E-state index contributed by atoms with van der Waals surface area (Å²) in [5, 5.41) is 10.2. The first kappa shape index (κ1) is 15.5. The molecule has 3 rings (SSSR count). The van der Waals surface area contributed by atoms with E-state index in [1.807, 2.05) is 0 Å². The standard InChI is InChI=1S/C14H14F2N4O3/c15-9-4-10(16)12(17-5-9)13(21)18-6-11-19-20-14(23-11)8-2-1-3-22-7-8/h4-5,8H,1-3,6-7H2,(H,18,21). The summed E-state index contributed by atoms with van der Waals surface area (Å²) in [7, 11) is 0. The number of nitrogens with zero attached hydrogens (tertiary/aromatic N) is 3. The smallest absolute Gasteiger partial charge is 0.273 e. The van der Waals surface area contributed by atoms with Crippen LogP contribution in [0.2, 0.25) is 0 Å².